The van der Waals surface area contributed by atoms with Crippen molar-refractivity contribution in [3.63, 3.8) is 0 Å². The lowest BCUT2D eigenvalue weighted by Crippen LogP contribution is -2.15. The van der Waals surface area contributed by atoms with Gasteiger partial charge in [-0.25, -0.2) is 13.8 Å². The number of hydrogen-bond acceptors (Lipinski definition) is 4. The Kier molecular flexibility index (Phi) is 4.22. The molecule has 0 spiro atoms. The highest BCUT2D eigenvalue weighted by molar-refractivity contribution is 9.10. The van der Waals surface area contributed by atoms with E-state index in [-0.39, 0.29) is 5.82 Å². The molecule has 1 aromatic carbocycles. The van der Waals surface area contributed by atoms with Gasteiger partial charge in [0.05, 0.1) is 11.0 Å². The molecule has 0 saturated carbocycles. The Balaban J connectivity index is 2.39. The van der Waals surface area contributed by atoms with Crippen molar-refractivity contribution in [3.8, 4) is 0 Å². The number of carbonyl (C=O) groups is 1. The second kappa shape index (κ2) is 5.92. The van der Waals surface area contributed by atoms with Crippen LogP contribution in [-0.4, -0.2) is 15.8 Å². The van der Waals surface area contributed by atoms with E-state index in [9.17, 15) is 23.7 Å². The van der Waals surface area contributed by atoms with E-state index in [2.05, 4.69) is 26.2 Å². The van der Waals surface area contributed by atoms with E-state index in [0.29, 0.717) is 16.6 Å². The number of amides is 1. The summed E-state index contributed by atoms with van der Waals surface area (Å²) in [6.45, 7) is 0. The first-order chi connectivity index (χ1) is 9.88. The van der Waals surface area contributed by atoms with E-state index in [4.69, 9.17) is 0 Å². The second-order valence-corrected chi connectivity index (χ2v) is 4.77. The van der Waals surface area contributed by atoms with Crippen LogP contribution in [0.2, 0.25) is 0 Å². The summed E-state index contributed by atoms with van der Waals surface area (Å²) in [6.07, 6.45) is 1.39. The molecule has 0 aliphatic heterocycles. The van der Waals surface area contributed by atoms with Gasteiger partial charge in [0, 0.05) is 10.7 Å². The Morgan fingerprint density at radius 1 is 1.29 bits per heavy atom. The standard InChI is InChI=1S/C12H6BrF2N3O3/c13-6-1-2-16-11(3-6)17-12(19)7-4-8(14)9(15)5-10(7)18(20)21/h1-5H,(H,16,17,19). The molecule has 0 radical (unpaired) electrons. The van der Waals surface area contributed by atoms with Crippen LogP contribution in [0.1, 0.15) is 10.4 Å². The average molecular weight is 358 g/mol. The zero-order valence-electron chi connectivity index (χ0n) is 10.1. The number of nitrogens with zero attached hydrogens (tertiary/aromatic N) is 2. The number of pyridine rings is 1. The molecule has 0 aliphatic rings. The van der Waals surface area contributed by atoms with Crippen LogP contribution >= 0.6 is 15.9 Å². The summed E-state index contributed by atoms with van der Waals surface area (Å²) in [6, 6.07) is 3.89. The lowest BCUT2D eigenvalue weighted by atomic mass is 10.1. The van der Waals surface area contributed by atoms with Gasteiger partial charge in [-0.15, -0.1) is 0 Å². The molecular weight excluding hydrogens is 352 g/mol. The number of anilines is 1. The van der Waals surface area contributed by atoms with Crippen molar-refractivity contribution in [1.82, 2.24) is 4.98 Å². The van der Waals surface area contributed by atoms with Crippen LogP contribution < -0.4 is 5.32 Å². The lowest BCUT2D eigenvalue weighted by molar-refractivity contribution is -0.385. The molecule has 9 heteroatoms. The smallest absolute Gasteiger partial charge is 0.285 e. The summed E-state index contributed by atoms with van der Waals surface area (Å²) in [7, 11) is 0. The molecular formula is C12H6BrF2N3O3. The van der Waals surface area contributed by atoms with Gasteiger partial charge in [-0.2, -0.15) is 0 Å². The minimum absolute atomic E-state index is 0.105. The predicted molar refractivity (Wildman–Crippen MR) is 72.9 cm³/mol. The number of aromatic nitrogens is 1. The highest BCUT2D eigenvalue weighted by Gasteiger charge is 2.24. The molecule has 1 heterocycles. The van der Waals surface area contributed by atoms with E-state index < -0.39 is 33.7 Å². The van der Waals surface area contributed by atoms with Crippen LogP contribution in [0, 0.1) is 21.7 Å². The predicted octanol–water partition coefficient (Wildman–Crippen LogP) is 3.28. The summed E-state index contributed by atoms with van der Waals surface area (Å²) in [5, 5.41) is 13.1. The van der Waals surface area contributed by atoms with Crippen LogP contribution in [0.5, 0.6) is 0 Å². The molecule has 0 unspecified atom stereocenters. The van der Waals surface area contributed by atoms with Crippen molar-refractivity contribution in [2.45, 2.75) is 0 Å². The van der Waals surface area contributed by atoms with E-state index in [1.165, 1.54) is 12.3 Å². The number of rotatable bonds is 3. The molecule has 108 valence electrons. The fourth-order valence-electron chi connectivity index (χ4n) is 1.53. The number of nitrogens with one attached hydrogen (secondary N) is 1. The van der Waals surface area contributed by atoms with E-state index >= 15 is 0 Å². The molecule has 1 amide bonds. The molecule has 21 heavy (non-hydrogen) atoms. The number of nitro benzene ring substituents is 1. The Labute approximate surface area is 125 Å². The first-order valence-electron chi connectivity index (χ1n) is 5.45. The molecule has 0 atom stereocenters. The first-order valence-corrected chi connectivity index (χ1v) is 6.24. The Morgan fingerprint density at radius 3 is 2.57 bits per heavy atom. The van der Waals surface area contributed by atoms with E-state index in [1.54, 1.807) is 6.07 Å². The number of hydrogen-bond donors (Lipinski definition) is 1. The van der Waals surface area contributed by atoms with E-state index in [0.717, 1.165) is 0 Å². The topological polar surface area (TPSA) is 85.1 Å². The van der Waals surface area contributed by atoms with E-state index in [1.807, 2.05) is 0 Å². The zero-order chi connectivity index (χ0) is 15.6. The number of carbonyl (C=O) groups excluding carboxylic acids is 1. The monoisotopic (exact) mass is 357 g/mol. The van der Waals surface area contributed by atoms with Gasteiger partial charge in [0.1, 0.15) is 11.4 Å². The highest BCUT2D eigenvalue weighted by Crippen LogP contribution is 2.23. The fourth-order valence-corrected chi connectivity index (χ4v) is 1.86. The van der Waals surface area contributed by atoms with Gasteiger partial charge in [-0.05, 0) is 18.2 Å². The largest absolute Gasteiger partial charge is 0.306 e. The minimum Gasteiger partial charge on any atom is -0.306 e. The maximum absolute atomic E-state index is 13.2. The molecule has 1 N–H and O–H groups in total. The van der Waals surface area contributed by atoms with Crippen molar-refractivity contribution in [1.29, 1.82) is 0 Å². The maximum Gasteiger partial charge on any atom is 0.285 e. The molecule has 2 aromatic rings. The molecule has 6 nitrogen and oxygen atoms in total. The van der Waals surface area contributed by atoms with Crippen molar-refractivity contribution in [2.24, 2.45) is 0 Å². The maximum atomic E-state index is 13.2. The Hall–Kier alpha value is -2.42. The van der Waals surface area contributed by atoms with Crippen LogP contribution in [-0.2, 0) is 0 Å². The number of halogens is 3. The summed E-state index contributed by atoms with van der Waals surface area (Å²) in [4.78, 5) is 25.6. The second-order valence-electron chi connectivity index (χ2n) is 3.85. The minimum atomic E-state index is -1.40. The lowest BCUT2D eigenvalue weighted by Gasteiger charge is -2.06. The average Bonchev–Trinajstić information content (AvgIpc) is 2.41. The molecule has 0 bridgehead atoms. The quantitative estimate of drug-likeness (QED) is 0.674. The summed E-state index contributed by atoms with van der Waals surface area (Å²) in [5.41, 5.74) is -1.43. The van der Waals surface area contributed by atoms with Gasteiger partial charge < -0.3 is 5.32 Å². The van der Waals surface area contributed by atoms with Crippen LogP contribution in [0.25, 0.3) is 0 Å². The molecule has 1 aromatic heterocycles. The first kappa shape index (κ1) is 15.0. The van der Waals surface area contributed by atoms with Gasteiger partial charge in [-0.3, -0.25) is 14.9 Å². The SMILES string of the molecule is O=C(Nc1cc(Br)ccn1)c1cc(F)c(F)cc1[N+](=O)[O-]. The fraction of sp³-hybridized carbons (Fsp3) is 0. The Morgan fingerprint density at radius 2 is 1.95 bits per heavy atom. The molecule has 2 rings (SSSR count). The van der Waals surface area contributed by atoms with Gasteiger partial charge in [-0.1, -0.05) is 15.9 Å². The van der Waals surface area contributed by atoms with Crippen molar-refractivity contribution in [2.75, 3.05) is 5.32 Å². The highest BCUT2D eigenvalue weighted by atomic mass is 79.9. The zero-order valence-corrected chi connectivity index (χ0v) is 11.7. The van der Waals surface area contributed by atoms with Crippen LogP contribution in [0.15, 0.2) is 34.9 Å². The Bertz CT molecular complexity index is 740. The summed E-state index contributed by atoms with van der Waals surface area (Å²) < 4.78 is 26.8. The van der Waals surface area contributed by atoms with Gasteiger partial charge in [0.25, 0.3) is 11.6 Å². The molecule has 0 aliphatic carbocycles. The van der Waals surface area contributed by atoms with Gasteiger partial charge >= 0.3 is 0 Å². The summed E-state index contributed by atoms with van der Waals surface area (Å²) >= 11 is 3.16. The van der Waals surface area contributed by atoms with Crippen LogP contribution in [0.3, 0.4) is 0 Å². The normalized spacial score (nSPS) is 10.2. The van der Waals surface area contributed by atoms with Crippen molar-refractivity contribution in [3.05, 3.63) is 62.2 Å². The number of benzene rings is 1. The third-order valence-electron chi connectivity index (χ3n) is 2.44. The molecule has 0 saturated heterocycles. The molecule has 0 fully saturated rings. The summed E-state index contributed by atoms with van der Waals surface area (Å²) in [5.74, 6) is -3.62. The number of nitro groups is 1. The van der Waals surface area contributed by atoms with Gasteiger partial charge in [0.2, 0.25) is 0 Å². The third kappa shape index (κ3) is 3.37. The third-order valence-corrected chi connectivity index (χ3v) is 2.94. The van der Waals surface area contributed by atoms with Crippen molar-refractivity contribution >= 4 is 33.3 Å². The van der Waals surface area contributed by atoms with Gasteiger partial charge in [0.15, 0.2) is 11.6 Å². The van der Waals surface area contributed by atoms with Crippen LogP contribution in [0.4, 0.5) is 20.3 Å². The van der Waals surface area contributed by atoms with Crippen molar-refractivity contribution < 1.29 is 18.5 Å².